The zero-order valence-corrected chi connectivity index (χ0v) is 13.8. The number of rotatable bonds is 9. The number of carbonyl (C=O) groups is 2. The van der Waals surface area contributed by atoms with Crippen LogP contribution in [0.25, 0.3) is 6.08 Å². The molecule has 0 saturated carbocycles. The fourth-order valence-electron chi connectivity index (χ4n) is 1.86. The van der Waals surface area contributed by atoms with Gasteiger partial charge in [0.2, 0.25) is 11.8 Å². The lowest BCUT2D eigenvalue weighted by molar-refractivity contribution is -0.119. The monoisotopic (exact) mass is 320 g/mol. The summed E-state index contributed by atoms with van der Waals surface area (Å²) in [6, 6.07) is 5.47. The van der Waals surface area contributed by atoms with Crippen LogP contribution in [-0.4, -0.2) is 38.6 Å². The summed E-state index contributed by atoms with van der Waals surface area (Å²) < 4.78 is 10.7. The van der Waals surface area contributed by atoms with E-state index in [0.717, 1.165) is 5.56 Å². The maximum absolute atomic E-state index is 11.7. The third-order valence-electron chi connectivity index (χ3n) is 2.94. The second kappa shape index (κ2) is 10.3. The van der Waals surface area contributed by atoms with E-state index < -0.39 is 0 Å². The number of hydrogen-bond acceptors (Lipinski definition) is 4. The predicted molar refractivity (Wildman–Crippen MR) is 89.5 cm³/mol. The lowest BCUT2D eigenvalue weighted by Gasteiger charge is -2.09. The van der Waals surface area contributed by atoms with E-state index in [0.29, 0.717) is 37.6 Å². The fraction of sp³-hybridized carbons (Fsp3) is 0.412. The quantitative estimate of drug-likeness (QED) is 0.537. The molecule has 0 aliphatic rings. The Hall–Kier alpha value is -2.50. The van der Waals surface area contributed by atoms with Gasteiger partial charge in [-0.05, 0) is 37.1 Å². The van der Waals surface area contributed by atoms with Gasteiger partial charge in [-0.25, -0.2) is 0 Å². The summed E-state index contributed by atoms with van der Waals surface area (Å²) in [5, 5.41) is 5.43. The molecule has 6 heteroatoms. The van der Waals surface area contributed by atoms with E-state index in [1.54, 1.807) is 19.3 Å². The van der Waals surface area contributed by atoms with Crippen molar-refractivity contribution in [2.75, 3.05) is 26.8 Å². The first-order chi connectivity index (χ1) is 11.1. The highest BCUT2D eigenvalue weighted by Crippen LogP contribution is 2.28. The van der Waals surface area contributed by atoms with Gasteiger partial charge in [0, 0.05) is 26.1 Å². The van der Waals surface area contributed by atoms with E-state index in [-0.39, 0.29) is 11.8 Å². The van der Waals surface area contributed by atoms with Crippen LogP contribution in [0.2, 0.25) is 0 Å². The molecule has 0 saturated heterocycles. The summed E-state index contributed by atoms with van der Waals surface area (Å²) in [6.07, 6.45) is 3.87. The van der Waals surface area contributed by atoms with Crippen molar-refractivity contribution >= 4 is 17.9 Å². The van der Waals surface area contributed by atoms with Gasteiger partial charge >= 0.3 is 0 Å². The third-order valence-corrected chi connectivity index (χ3v) is 2.94. The van der Waals surface area contributed by atoms with Gasteiger partial charge in [-0.3, -0.25) is 9.59 Å². The Balaban J connectivity index is 2.48. The molecule has 1 aromatic rings. The standard InChI is InChI=1S/C17H24N2O4/c1-4-23-16-12-14(6-8-15(16)22-3)7-9-17(21)19-11-5-10-18-13(2)20/h6-9,12H,4-5,10-11H2,1-3H3,(H,18,20)(H,19,21)/b9-7+. The minimum Gasteiger partial charge on any atom is -0.493 e. The maximum Gasteiger partial charge on any atom is 0.244 e. The number of benzene rings is 1. The van der Waals surface area contributed by atoms with Crippen molar-refractivity contribution in [2.45, 2.75) is 20.3 Å². The number of hydrogen-bond donors (Lipinski definition) is 2. The smallest absolute Gasteiger partial charge is 0.244 e. The highest BCUT2D eigenvalue weighted by Gasteiger charge is 2.04. The van der Waals surface area contributed by atoms with Gasteiger partial charge in [0.05, 0.1) is 13.7 Å². The highest BCUT2D eigenvalue weighted by molar-refractivity contribution is 5.91. The van der Waals surface area contributed by atoms with Gasteiger partial charge in [0.25, 0.3) is 0 Å². The van der Waals surface area contributed by atoms with Crippen molar-refractivity contribution in [3.63, 3.8) is 0 Å². The van der Waals surface area contributed by atoms with Crippen LogP contribution in [0.4, 0.5) is 0 Å². The Morgan fingerprint density at radius 1 is 1.17 bits per heavy atom. The zero-order chi connectivity index (χ0) is 17.1. The van der Waals surface area contributed by atoms with Gasteiger partial charge in [0.1, 0.15) is 0 Å². The van der Waals surface area contributed by atoms with E-state index in [2.05, 4.69) is 10.6 Å². The molecule has 6 nitrogen and oxygen atoms in total. The summed E-state index contributed by atoms with van der Waals surface area (Å²) in [5.74, 6) is 1.06. The molecule has 0 aliphatic heterocycles. The summed E-state index contributed by atoms with van der Waals surface area (Å²) in [7, 11) is 1.59. The van der Waals surface area contributed by atoms with Gasteiger partial charge in [-0.2, -0.15) is 0 Å². The SMILES string of the molecule is CCOc1cc(/C=C/C(=O)NCCCNC(C)=O)ccc1OC. The largest absolute Gasteiger partial charge is 0.493 e. The van der Waals surface area contributed by atoms with Gasteiger partial charge in [-0.1, -0.05) is 6.07 Å². The average molecular weight is 320 g/mol. The number of nitrogens with one attached hydrogen (secondary N) is 2. The molecule has 1 aromatic carbocycles. The van der Waals surface area contributed by atoms with E-state index in [1.165, 1.54) is 13.0 Å². The second-order valence-electron chi connectivity index (χ2n) is 4.80. The molecule has 0 bridgehead atoms. The Kier molecular flexibility index (Phi) is 8.28. The van der Waals surface area contributed by atoms with Crippen molar-refractivity contribution in [3.05, 3.63) is 29.8 Å². The van der Waals surface area contributed by atoms with Crippen LogP contribution in [0.15, 0.2) is 24.3 Å². The van der Waals surface area contributed by atoms with E-state index >= 15 is 0 Å². The molecule has 0 heterocycles. The van der Waals surface area contributed by atoms with Crippen LogP contribution in [0.5, 0.6) is 11.5 Å². The first kappa shape index (κ1) is 18.5. The molecule has 0 aliphatic carbocycles. The predicted octanol–water partition coefficient (Wildman–Crippen LogP) is 1.75. The molecule has 126 valence electrons. The summed E-state index contributed by atoms with van der Waals surface area (Å²) in [6.45, 7) is 4.97. The Bertz CT molecular complexity index is 556. The Labute approximate surface area is 136 Å². The lowest BCUT2D eigenvalue weighted by atomic mass is 10.2. The topological polar surface area (TPSA) is 76.7 Å². The molecule has 2 amide bonds. The van der Waals surface area contributed by atoms with Crippen molar-refractivity contribution in [3.8, 4) is 11.5 Å². The summed E-state index contributed by atoms with van der Waals surface area (Å²) in [5.41, 5.74) is 0.850. The van der Waals surface area contributed by atoms with E-state index in [9.17, 15) is 9.59 Å². The van der Waals surface area contributed by atoms with Crippen LogP contribution < -0.4 is 20.1 Å². The second-order valence-corrected chi connectivity index (χ2v) is 4.80. The lowest BCUT2D eigenvalue weighted by Crippen LogP contribution is -2.27. The molecule has 0 atom stereocenters. The number of ether oxygens (including phenoxy) is 2. The Morgan fingerprint density at radius 2 is 1.91 bits per heavy atom. The molecule has 0 unspecified atom stereocenters. The average Bonchev–Trinajstić information content (AvgIpc) is 2.53. The molecular formula is C17H24N2O4. The van der Waals surface area contributed by atoms with E-state index in [1.807, 2.05) is 19.1 Å². The zero-order valence-electron chi connectivity index (χ0n) is 13.8. The van der Waals surface area contributed by atoms with Crippen molar-refractivity contribution < 1.29 is 19.1 Å². The molecule has 23 heavy (non-hydrogen) atoms. The van der Waals surface area contributed by atoms with Crippen LogP contribution in [-0.2, 0) is 9.59 Å². The number of methoxy groups -OCH3 is 1. The molecule has 1 rings (SSSR count). The summed E-state index contributed by atoms with van der Waals surface area (Å²) >= 11 is 0. The number of amides is 2. The van der Waals surface area contributed by atoms with Gasteiger partial charge in [-0.15, -0.1) is 0 Å². The minimum absolute atomic E-state index is 0.0687. The van der Waals surface area contributed by atoms with Crippen LogP contribution in [0.1, 0.15) is 25.8 Å². The highest BCUT2D eigenvalue weighted by atomic mass is 16.5. The van der Waals surface area contributed by atoms with Crippen molar-refractivity contribution in [1.82, 2.24) is 10.6 Å². The number of carbonyl (C=O) groups excluding carboxylic acids is 2. The van der Waals surface area contributed by atoms with Crippen LogP contribution in [0, 0.1) is 0 Å². The summed E-state index contributed by atoms with van der Waals surface area (Å²) in [4.78, 5) is 22.4. The minimum atomic E-state index is -0.179. The third kappa shape index (κ3) is 7.35. The van der Waals surface area contributed by atoms with Crippen LogP contribution >= 0.6 is 0 Å². The Morgan fingerprint density at radius 3 is 2.57 bits per heavy atom. The molecule has 0 fully saturated rings. The van der Waals surface area contributed by atoms with Crippen LogP contribution in [0.3, 0.4) is 0 Å². The first-order valence-corrected chi connectivity index (χ1v) is 7.58. The molecule has 0 aromatic heterocycles. The van der Waals surface area contributed by atoms with E-state index in [4.69, 9.17) is 9.47 Å². The fourth-order valence-corrected chi connectivity index (χ4v) is 1.86. The molecule has 2 N–H and O–H groups in total. The molecular weight excluding hydrogens is 296 g/mol. The van der Waals surface area contributed by atoms with Gasteiger partial charge < -0.3 is 20.1 Å². The normalized spacial score (nSPS) is 10.4. The molecule has 0 spiro atoms. The molecule has 0 radical (unpaired) electrons. The van der Waals surface area contributed by atoms with Crippen molar-refractivity contribution in [2.24, 2.45) is 0 Å². The van der Waals surface area contributed by atoms with Crippen molar-refractivity contribution in [1.29, 1.82) is 0 Å². The maximum atomic E-state index is 11.7. The first-order valence-electron chi connectivity index (χ1n) is 7.58. The van der Waals surface area contributed by atoms with Gasteiger partial charge in [0.15, 0.2) is 11.5 Å².